The molecular formula is C27H29F4N5O4. The fourth-order valence-corrected chi connectivity index (χ4v) is 4.73. The van der Waals surface area contributed by atoms with Gasteiger partial charge in [0.1, 0.15) is 12.3 Å². The van der Waals surface area contributed by atoms with Crippen LogP contribution in [-0.4, -0.2) is 64.0 Å². The number of aryl methyl sites for hydroxylation is 1. The molecule has 1 unspecified atom stereocenters. The van der Waals surface area contributed by atoms with E-state index in [-0.39, 0.29) is 24.4 Å². The Balaban J connectivity index is 1.77. The molecule has 1 aromatic carbocycles. The molecule has 2 aromatic heterocycles. The summed E-state index contributed by atoms with van der Waals surface area (Å²) in [5, 5.41) is 8.53. The predicted molar refractivity (Wildman–Crippen MR) is 137 cm³/mol. The first kappa shape index (κ1) is 29.0. The third-order valence-corrected chi connectivity index (χ3v) is 6.38. The fraction of sp³-hybridized carbons (Fsp3) is 0.407. The molecule has 0 radical (unpaired) electrons. The van der Waals surface area contributed by atoms with Crippen LogP contribution in [0.15, 0.2) is 52.9 Å². The fourth-order valence-electron chi connectivity index (χ4n) is 4.73. The van der Waals surface area contributed by atoms with E-state index in [1.165, 1.54) is 14.0 Å². The molecule has 3 aromatic rings. The van der Waals surface area contributed by atoms with Gasteiger partial charge in [-0.1, -0.05) is 12.6 Å². The number of hydrogen-bond acceptors (Lipinski definition) is 7. The topological polar surface area (TPSA) is 95.5 Å². The van der Waals surface area contributed by atoms with Crippen molar-refractivity contribution in [2.75, 3.05) is 27.3 Å². The highest BCUT2D eigenvalue weighted by Gasteiger charge is 2.51. The van der Waals surface area contributed by atoms with Crippen molar-refractivity contribution in [3.05, 3.63) is 60.2 Å². The van der Waals surface area contributed by atoms with Gasteiger partial charge in [-0.25, -0.2) is 9.37 Å². The standard InChI is InChI=1S/C27H29F4N5O4/c1-16(11-17(2)28)14-39-26(25(37)35(4)15-27(29,30)31)9-6-10-36-23(33-34-24(26)36)19-7-8-20(21(12-19)38-5)22-13-32-18(3)40-22/h7-8,11-13H,1,6,9-10,14-15H2,2-5H3/b17-11+. The molecule has 214 valence electrons. The largest absolute Gasteiger partial charge is 0.496 e. The Hall–Kier alpha value is -4.00. The highest BCUT2D eigenvalue weighted by molar-refractivity contribution is 5.86. The van der Waals surface area contributed by atoms with Crippen LogP contribution in [0.5, 0.6) is 5.75 Å². The number of allylic oxidation sites excluding steroid dienone is 1. The molecule has 0 fully saturated rings. The van der Waals surface area contributed by atoms with Crippen molar-refractivity contribution in [2.24, 2.45) is 0 Å². The van der Waals surface area contributed by atoms with Gasteiger partial charge in [0.25, 0.3) is 5.91 Å². The lowest BCUT2D eigenvalue weighted by molar-refractivity contribution is -0.179. The van der Waals surface area contributed by atoms with Gasteiger partial charge < -0.3 is 23.4 Å². The van der Waals surface area contributed by atoms with E-state index in [0.717, 1.165) is 13.1 Å². The van der Waals surface area contributed by atoms with E-state index in [9.17, 15) is 22.4 Å². The molecule has 0 spiro atoms. The van der Waals surface area contributed by atoms with Crippen LogP contribution in [0.3, 0.4) is 0 Å². The van der Waals surface area contributed by atoms with Gasteiger partial charge in [0.05, 0.1) is 31.3 Å². The first-order valence-corrected chi connectivity index (χ1v) is 12.4. The number of ether oxygens (including phenoxy) is 2. The molecule has 9 nitrogen and oxygen atoms in total. The van der Waals surface area contributed by atoms with Crippen molar-refractivity contribution in [1.29, 1.82) is 0 Å². The van der Waals surface area contributed by atoms with Crippen LogP contribution in [0.2, 0.25) is 0 Å². The summed E-state index contributed by atoms with van der Waals surface area (Å²) in [6.45, 7) is 5.25. The molecule has 3 heterocycles. The number of fused-ring (bicyclic) bond motifs is 1. The Morgan fingerprint density at radius 3 is 2.70 bits per heavy atom. The van der Waals surface area contributed by atoms with E-state index in [1.54, 1.807) is 35.9 Å². The van der Waals surface area contributed by atoms with E-state index in [2.05, 4.69) is 21.8 Å². The smallest absolute Gasteiger partial charge is 0.406 e. The number of benzene rings is 1. The van der Waals surface area contributed by atoms with Crippen molar-refractivity contribution in [3.8, 4) is 28.5 Å². The zero-order valence-electron chi connectivity index (χ0n) is 22.5. The summed E-state index contributed by atoms with van der Waals surface area (Å²) in [5.41, 5.74) is -0.457. The number of likely N-dealkylation sites (N-methyl/N-ethyl adjacent to an activating group) is 1. The van der Waals surface area contributed by atoms with Gasteiger partial charge in [0.2, 0.25) is 5.60 Å². The number of halogens is 4. The van der Waals surface area contributed by atoms with Gasteiger partial charge in [-0.2, -0.15) is 13.2 Å². The minimum Gasteiger partial charge on any atom is -0.496 e. The van der Waals surface area contributed by atoms with Crippen molar-refractivity contribution >= 4 is 5.91 Å². The second kappa shape index (κ2) is 11.2. The molecule has 0 aliphatic carbocycles. The summed E-state index contributed by atoms with van der Waals surface area (Å²) in [5.74, 6) is 0.412. The lowest BCUT2D eigenvalue weighted by atomic mass is 9.90. The summed E-state index contributed by atoms with van der Waals surface area (Å²) in [4.78, 5) is 18.3. The summed E-state index contributed by atoms with van der Waals surface area (Å²) in [6, 6.07) is 5.24. The number of amides is 1. The van der Waals surface area contributed by atoms with Crippen molar-refractivity contribution in [1.82, 2.24) is 24.6 Å². The third kappa shape index (κ3) is 5.93. The van der Waals surface area contributed by atoms with Gasteiger partial charge in [0.15, 0.2) is 23.3 Å². The van der Waals surface area contributed by atoms with E-state index in [1.807, 2.05) is 0 Å². The van der Waals surface area contributed by atoms with Gasteiger partial charge in [-0.3, -0.25) is 4.79 Å². The highest BCUT2D eigenvalue weighted by atomic mass is 19.4. The third-order valence-electron chi connectivity index (χ3n) is 6.38. The molecule has 1 aliphatic rings. The molecule has 40 heavy (non-hydrogen) atoms. The second-order valence-electron chi connectivity index (χ2n) is 9.54. The van der Waals surface area contributed by atoms with Crippen LogP contribution in [0.1, 0.15) is 31.5 Å². The van der Waals surface area contributed by atoms with Gasteiger partial charge in [-0.05, 0) is 43.5 Å². The molecule has 0 N–H and O–H groups in total. The molecule has 0 saturated heterocycles. The van der Waals surface area contributed by atoms with Crippen LogP contribution in [-0.2, 0) is 21.7 Å². The monoisotopic (exact) mass is 563 g/mol. The van der Waals surface area contributed by atoms with Gasteiger partial charge in [-0.15, -0.1) is 10.2 Å². The van der Waals surface area contributed by atoms with Crippen molar-refractivity contribution in [2.45, 2.75) is 45.0 Å². The number of aromatic nitrogens is 4. The number of alkyl halides is 3. The Morgan fingerprint density at radius 2 is 2.08 bits per heavy atom. The lowest BCUT2D eigenvalue weighted by Crippen LogP contribution is -2.52. The second-order valence-corrected chi connectivity index (χ2v) is 9.54. The number of oxazole rings is 1. The molecule has 0 bridgehead atoms. The first-order valence-electron chi connectivity index (χ1n) is 12.4. The highest BCUT2D eigenvalue weighted by Crippen LogP contribution is 2.40. The minimum atomic E-state index is -4.63. The number of carbonyl (C=O) groups is 1. The van der Waals surface area contributed by atoms with Crippen LogP contribution in [0, 0.1) is 6.92 Å². The molecule has 1 atom stereocenters. The van der Waals surface area contributed by atoms with Gasteiger partial charge in [0, 0.05) is 26.1 Å². The number of nitrogens with zero attached hydrogens (tertiary/aromatic N) is 5. The van der Waals surface area contributed by atoms with E-state index in [4.69, 9.17) is 13.9 Å². The average molecular weight is 564 g/mol. The summed E-state index contributed by atoms with van der Waals surface area (Å²) < 4.78 is 71.9. The number of carbonyl (C=O) groups excluding carboxylic acids is 1. The Labute approximate surface area is 228 Å². The Bertz CT molecular complexity index is 1440. The van der Waals surface area contributed by atoms with Gasteiger partial charge >= 0.3 is 6.18 Å². The zero-order valence-corrected chi connectivity index (χ0v) is 22.5. The molecule has 13 heteroatoms. The van der Waals surface area contributed by atoms with E-state index < -0.39 is 30.1 Å². The zero-order chi connectivity index (χ0) is 29.2. The average Bonchev–Trinajstić information content (AvgIpc) is 3.52. The van der Waals surface area contributed by atoms with Crippen molar-refractivity contribution < 1.29 is 36.2 Å². The molecule has 0 saturated carbocycles. The maximum absolute atomic E-state index is 13.6. The van der Waals surface area contributed by atoms with Crippen LogP contribution >= 0.6 is 0 Å². The normalized spacial score (nSPS) is 17.4. The number of methoxy groups -OCH3 is 1. The maximum atomic E-state index is 13.6. The molecule has 4 rings (SSSR count). The first-order chi connectivity index (χ1) is 18.8. The quantitative estimate of drug-likeness (QED) is 0.255. The van der Waals surface area contributed by atoms with Crippen LogP contribution in [0.25, 0.3) is 22.7 Å². The van der Waals surface area contributed by atoms with Crippen molar-refractivity contribution in [3.63, 3.8) is 0 Å². The molecule has 1 amide bonds. The number of hydrogen-bond donors (Lipinski definition) is 0. The van der Waals surface area contributed by atoms with E-state index in [0.29, 0.717) is 52.2 Å². The summed E-state index contributed by atoms with van der Waals surface area (Å²) in [7, 11) is 2.55. The molecular weight excluding hydrogens is 534 g/mol. The predicted octanol–water partition coefficient (Wildman–Crippen LogP) is 5.37. The SMILES string of the molecule is C=C(/C=C(\C)F)COC1(C(=O)N(C)CC(F)(F)F)CCCn2c(-c3ccc(-c4cnc(C)o4)c(OC)c3)nnc21. The maximum Gasteiger partial charge on any atom is 0.406 e. The minimum absolute atomic E-state index is 0.0465. The summed E-state index contributed by atoms with van der Waals surface area (Å²) >= 11 is 0. The van der Waals surface area contributed by atoms with E-state index >= 15 is 0 Å². The van der Waals surface area contributed by atoms with Crippen LogP contribution < -0.4 is 4.74 Å². The number of rotatable bonds is 9. The Morgan fingerprint density at radius 1 is 1.32 bits per heavy atom. The summed E-state index contributed by atoms with van der Waals surface area (Å²) in [6.07, 6.45) is -1.50. The molecule has 1 aliphatic heterocycles. The lowest BCUT2D eigenvalue weighted by Gasteiger charge is -2.38. The van der Waals surface area contributed by atoms with Crippen LogP contribution in [0.4, 0.5) is 17.6 Å². The Kier molecular flexibility index (Phi) is 8.15.